The molecule has 0 radical (unpaired) electrons. The average molecular weight is 517 g/mol. The highest BCUT2D eigenvalue weighted by Gasteiger charge is 2.22. The molecule has 0 saturated heterocycles. The number of carbonyl (C=O) groups is 2. The quantitative estimate of drug-likeness (QED) is 0.349. The summed E-state index contributed by atoms with van der Waals surface area (Å²) < 4.78 is 14.3. The molecule has 3 rings (SSSR count). The summed E-state index contributed by atoms with van der Waals surface area (Å²) in [4.78, 5) is 25.7. The minimum absolute atomic E-state index is 0.407. The fourth-order valence-corrected chi connectivity index (χ4v) is 3.97. The molecule has 0 N–H and O–H groups in total. The molecule has 1 aromatic carbocycles. The fraction of sp³-hybridized carbons (Fsp3) is 0.375. The molecule has 0 fully saturated rings. The number of aryl methyl sites for hydroxylation is 2. The van der Waals surface area contributed by atoms with Crippen LogP contribution in [-0.2, 0) is 9.47 Å². The van der Waals surface area contributed by atoms with Gasteiger partial charge >= 0.3 is 12.2 Å². The van der Waals surface area contributed by atoms with Crippen molar-refractivity contribution in [2.75, 3.05) is 0 Å². The molecular formula is C32H40N2O4. The Morgan fingerprint density at radius 2 is 0.974 bits per heavy atom. The molecular weight excluding hydrogens is 476 g/mol. The second kappa shape index (κ2) is 10.9. The third kappa shape index (κ3) is 6.94. The smallest absolute Gasteiger partial charge is 0.418 e. The van der Waals surface area contributed by atoms with Crippen molar-refractivity contribution in [1.29, 1.82) is 0 Å². The minimum Gasteiger partial charge on any atom is -0.443 e. The molecule has 0 aliphatic carbocycles. The van der Waals surface area contributed by atoms with Crippen LogP contribution in [0.15, 0.2) is 36.7 Å². The molecule has 0 atom stereocenters. The molecule has 2 heterocycles. The van der Waals surface area contributed by atoms with Gasteiger partial charge in [0, 0.05) is 12.4 Å². The summed E-state index contributed by atoms with van der Waals surface area (Å²) in [6, 6.07) is 7.98. The summed E-state index contributed by atoms with van der Waals surface area (Å²) in [6.45, 7) is 19.1. The number of ether oxygens (including phenoxy) is 2. The maximum atomic E-state index is 12.8. The van der Waals surface area contributed by atoms with Crippen LogP contribution in [0.1, 0.15) is 86.3 Å². The van der Waals surface area contributed by atoms with Crippen LogP contribution in [-0.4, -0.2) is 32.5 Å². The third-order valence-electron chi connectivity index (χ3n) is 6.13. The molecule has 0 aliphatic rings. The van der Waals surface area contributed by atoms with E-state index in [2.05, 4.69) is 0 Å². The summed E-state index contributed by atoms with van der Waals surface area (Å²) in [5.41, 5.74) is 6.38. The van der Waals surface area contributed by atoms with Crippen LogP contribution in [0.3, 0.4) is 0 Å². The second-order valence-corrected chi connectivity index (χ2v) is 11.6. The Balaban J connectivity index is 1.97. The molecule has 0 unspecified atom stereocenters. The Labute approximate surface area is 226 Å². The Morgan fingerprint density at radius 1 is 0.632 bits per heavy atom. The zero-order chi connectivity index (χ0) is 28.4. The number of aromatic nitrogens is 2. The molecule has 3 aromatic rings. The van der Waals surface area contributed by atoms with Gasteiger partial charge in [0.1, 0.15) is 11.2 Å². The first-order valence-electron chi connectivity index (χ1n) is 12.9. The van der Waals surface area contributed by atoms with E-state index in [0.717, 1.165) is 44.8 Å². The van der Waals surface area contributed by atoms with Gasteiger partial charge in [-0.3, -0.25) is 9.13 Å². The molecule has 202 valence electrons. The van der Waals surface area contributed by atoms with Gasteiger partial charge in [0.2, 0.25) is 0 Å². The highest BCUT2D eigenvalue weighted by atomic mass is 16.6. The molecule has 0 bridgehead atoms. The van der Waals surface area contributed by atoms with Gasteiger partial charge in [-0.25, -0.2) is 9.59 Å². The SMILES string of the molecule is Cc1cn(C(=O)OC(C)(C)C)c(/C=C/c2ccccc2/C=C/c2c(C)c(C)cn2C(=O)OC(C)(C)C)c1C. The first-order valence-corrected chi connectivity index (χ1v) is 12.9. The lowest BCUT2D eigenvalue weighted by Gasteiger charge is -2.20. The van der Waals surface area contributed by atoms with Crippen molar-refractivity contribution < 1.29 is 19.1 Å². The molecule has 0 aliphatic heterocycles. The van der Waals surface area contributed by atoms with Crippen molar-refractivity contribution in [3.8, 4) is 0 Å². The molecule has 0 spiro atoms. The largest absolute Gasteiger partial charge is 0.443 e. The normalized spacial score (nSPS) is 12.5. The van der Waals surface area contributed by atoms with E-state index in [4.69, 9.17) is 9.47 Å². The van der Waals surface area contributed by atoms with Crippen molar-refractivity contribution in [1.82, 2.24) is 9.13 Å². The van der Waals surface area contributed by atoms with E-state index < -0.39 is 23.4 Å². The molecule has 0 amide bonds. The maximum absolute atomic E-state index is 12.8. The lowest BCUT2D eigenvalue weighted by molar-refractivity contribution is 0.0525. The van der Waals surface area contributed by atoms with Gasteiger partial charge in [0.25, 0.3) is 0 Å². The van der Waals surface area contributed by atoms with Crippen molar-refractivity contribution in [3.63, 3.8) is 0 Å². The molecule has 0 saturated carbocycles. The lowest BCUT2D eigenvalue weighted by Crippen LogP contribution is -2.27. The highest BCUT2D eigenvalue weighted by Crippen LogP contribution is 2.24. The second-order valence-electron chi connectivity index (χ2n) is 11.6. The highest BCUT2D eigenvalue weighted by molar-refractivity contribution is 5.84. The standard InChI is InChI=1S/C32H40N2O4/c1-21-19-33(29(35)37-31(5,6)7)27(23(21)3)17-15-25-13-11-12-14-26(25)16-18-28-24(4)22(2)20-34(28)30(36)38-32(8,9)10/h11-20H,1-10H3/b17-15+,18-16+. The van der Waals surface area contributed by atoms with Gasteiger partial charge < -0.3 is 9.47 Å². The number of hydrogen-bond donors (Lipinski definition) is 0. The van der Waals surface area contributed by atoms with Gasteiger partial charge in [-0.1, -0.05) is 36.4 Å². The van der Waals surface area contributed by atoms with Crippen molar-refractivity contribution in [3.05, 3.63) is 81.4 Å². The monoisotopic (exact) mass is 516 g/mol. The third-order valence-corrected chi connectivity index (χ3v) is 6.13. The van der Waals surface area contributed by atoms with E-state index in [-0.39, 0.29) is 0 Å². The lowest BCUT2D eigenvalue weighted by atomic mass is 10.0. The van der Waals surface area contributed by atoms with Crippen molar-refractivity contribution >= 4 is 36.5 Å². The average Bonchev–Trinajstić information content (AvgIpc) is 3.24. The van der Waals surface area contributed by atoms with Crippen LogP contribution in [0.2, 0.25) is 0 Å². The van der Waals surface area contributed by atoms with Crippen LogP contribution in [0, 0.1) is 27.7 Å². The first kappa shape index (κ1) is 28.8. The van der Waals surface area contributed by atoms with Crippen molar-refractivity contribution in [2.45, 2.75) is 80.4 Å². The predicted molar refractivity (Wildman–Crippen MR) is 155 cm³/mol. The van der Waals surface area contributed by atoms with E-state index in [9.17, 15) is 9.59 Å². The Kier molecular flexibility index (Phi) is 8.25. The number of nitrogens with zero attached hydrogens (tertiary/aromatic N) is 2. The van der Waals surface area contributed by atoms with Gasteiger partial charge in [-0.15, -0.1) is 0 Å². The van der Waals surface area contributed by atoms with E-state index in [1.54, 1.807) is 9.13 Å². The number of benzene rings is 1. The summed E-state index contributed by atoms with van der Waals surface area (Å²) in [6.07, 6.45) is 10.7. The Hall–Kier alpha value is -3.80. The van der Waals surface area contributed by atoms with Crippen molar-refractivity contribution in [2.24, 2.45) is 0 Å². The number of rotatable bonds is 4. The van der Waals surface area contributed by atoms with E-state index in [0.29, 0.717) is 0 Å². The van der Waals surface area contributed by atoms with E-state index >= 15 is 0 Å². The topological polar surface area (TPSA) is 62.5 Å². The summed E-state index contributed by atoms with van der Waals surface area (Å²) in [5, 5.41) is 0. The predicted octanol–water partition coefficient (Wildman–Crippen LogP) is 8.43. The van der Waals surface area contributed by atoms with Crippen LogP contribution in [0.4, 0.5) is 9.59 Å². The zero-order valence-corrected chi connectivity index (χ0v) is 24.3. The fourth-order valence-electron chi connectivity index (χ4n) is 3.97. The summed E-state index contributed by atoms with van der Waals surface area (Å²) >= 11 is 0. The van der Waals surface area contributed by atoms with Crippen LogP contribution >= 0.6 is 0 Å². The van der Waals surface area contributed by atoms with Gasteiger partial charge in [-0.05, 0) is 115 Å². The van der Waals surface area contributed by atoms with Gasteiger partial charge in [0.15, 0.2) is 0 Å². The number of hydrogen-bond acceptors (Lipinski definition) is 4. The summed E-state index contributed by atoms with van der Waals surface area (Å²) in [7, 11) is 0. The Morgan fingerprint density at radius 3 is 1.29 bits per heavy atom. The Bertz CT molecular complexity index is 1300. The molecule has 6 heteroatoms. The molecule has 6 nitrogen and oxygen atoms in total. The minimum atomic E-state index is -0.588. The zero-order valence-electron chi connectivity index (χ0n) is 24.3. The maximum Gasteiger partial charge on any atom is 0.418 e. The van der Waals surface area contributed by atoms with Crippen LogP contribution < -0.4 is 0 Å². The van der Waals surface area contributed by atoms with Gasteiger partial charge in [0.05, 0.1) is 11.4 Å². The molecule has 38 heavy (non-hydrogen) atoms. The van der Waals surface area contributed by atoms with E-state index in [1.807, 2.05) is 130 Å². The number of carbonyl (C=O) groups excluding carboxylic acids is 2. The van der Waals surface area contributed by atoms with Crippen LogP contribution in [0.25, 0.3) is 24.3 Å². The first-order chi connectivity index (χ1) is 17.6. The van der Waals surface area contributed by atoms with E-state index in [1.165, 1.54) is 0 Å². The summed E-state index contributed by atoms with van der Waals surface area (Å²) in [5.74, 6) is 0. The molecule has 2 aromatic heterocycles. The van der Waals surface area contributed by atoms with Crippen LogP contribution in [0.5, 0.6) is 0 Å². The van der Waals surface area contributed by atoms with Gasteiger partial charge in [-0.2, -0.15) is 0 Å².